The maximum atomic E-state index is 11.9. The van der Waals surface area contributed by atoms with Gasteiger partial charge in [0.2, 0.25) is 0 Å². The molecule has 0 atom stereocenters. The van der Waals surface area contributed by atoms with Crippen LogP contribution < -0.4 is 5.32 Å². The summed E-state index contributed by atoms with van der Waals surface area (Å²) in [4.78, 5) is 12.4. The second-order valence-electron chi connectivity index (χ2n) is 4.62. The van der Waals surface area contributed by atoms with Crippen molar-refractivity contribution in [2.45, 2.75) is 19.9 Å². The molecule has 7 nitrogen and oxygen atoms in total. The van der Waals surface area contributed by atoms with Crippen LogP contribution >= 0.6 is 11.3 Å². The SMILES string of the molecule is CC(C)n1ccc(-c2nnc(NC(=O)c3cccs3)o2)n1. The number of carbonyl (C=O) groups is 1. The molecule has 0 radical (unpaired) electrons. The van der Waals surface area contributed by atoms with E-state index in [4.69, 9.17) is 4.42 Å². The van der Waals surface area contributed by atoms with Gasteiger partial charge in [0.15, 0.2) is 0 Å². The Morgan fingerprint density at radius 2 is 2.24 bits per heavy atom. The zero-order chi connectivity index (χ0) is 14.8. The molecule has 3 aromatic heterocycles. The lowest BCUT2D eigenvalue weighted by atomic mass is 10.4. The molecule has 0 aromatic carbocycles. The number of nitrogens with zero attached hydrogens (tertiary/aromatic N) is 4. The van der Waals surface area contributed by atoms with E-state index in [2.05, 4.69) is 20.6 Å². The summed E-state index contributed by atoms with van der Waals surface area (Å²) >= 11 is 1.34. The van der Waals surface area contributed by atoms with Crippen LogP contribution in [0.25, 0.3) is 11.6 Å². The fourth-order valence-corrected chi connectivity index (χ4v) is 2.30. The van der Waals surface area contributed by atoms with E-state index >= 15 is 0 Å². The number of aromatic nitrogens is 4. The number of anilines is 1. The van der Waals surface area contributed by atoms with Crippen LogP contribution in [0.3, 0.4) is 0 Å². The van der Waals surface area contributed by atoms with E-state index in [9.17, 15) is 4.79 Å². The van der Waals surface area contributed by atoms with Gasteiger partial charge in [-0.15, -0.1) is 16.4 Å². The summed E-state index contributed by atoms with van der Waals surface area (Å²) in [7, 11) is 0. The molecule has 0 aliphatic rings. The summed E-state index contributed by atoms with van der Waals surface area (Å²) in [5.41, 5.74) is 0.577. The van der Waals surface area contributed by atoms with Crippen molar-refractivity contribution in [2.24, 2.45) is 0 Å². The third-order valence-corrected chi connectivity index (χ3v) is 3.62. The number of amides is 1. The van der Waals surface area contributed by atoms with Gasteiger partial charge in [0.05, 0.1) is 4.88 Å². The molecule has 0 aliphatic heterocycles. The summed E-state index contributed by atoms with van der Waals surface area (Å²) in [6.07, 6.45) is 1.84. The molecule has 0 saturated carbocycles. The molecule has 21 heavy (non-hydrogen) atoms. The third-order valence-electron chi connectivity index (χ3n) is 2.75. The Hall–Kier alpha value is -2.48. The van der Waals surface area contributed by atoms with Gasteiger partial charge in [-0.1, -0.05) is 11.2 Å². The summed E-state index contributed by atoms with van der Waals surface area (Å²) in [6, 6.07) is 5.62. The lowest BCUT2D eigenvalue weighted by molar-refractivity contribution is 0.102. The molecule has 1 amide bonds. The first-order valence-electron chi connectivity index (χ1n) is 6.37. The Balaban J connectivity index is 1.75. The minimum Gasteiger partial charge on any atom is -0.401 e. The average Bonchev–Trinajstić information content (AvgIpc) is 3.20. The summed E-state index contributed by atoms with van der Waals surface area (Å²) in [6.45, 7) is 4.05. The second-order valence-corrected chi connectivity index (χ2v) is 5.57. The van der Waals surface area contributed by atoms with Gasteiger partial charge in [-0.25, -0.2) is 0 Å². The monoisotopic (exact) mass is 303 g/mol. The molecule has 3 aromatic rings. The van der Waals surface area contributed by atoms with Crippen molar-refractivity contribution in [1.29, 1.82) is 0 Å². The molecule has 0 spiro atoms. The summed E-state index contributed by atoms with van der Waals surface area (Å²) < 4.78 is 7.20. The van der Waals surface area contributed by atoms with Gasteiger partial charge in [-0.2, -0.15) is 5.10 Å². The van der Waals surface area contributed by atoms with Gasteiger partial charge in [-0.3, -0.25) is 14.8 Å². The Labute approximate surface area is 124 Å². The molecule has 1 N–H and O–H groups in total. The van der Waals surface area contributed by atoms with Gasteiger partial charge in [0.1, 0.15) is 5.69 Å². The summed E-state index contributed by atoms with van der Waals surface area (Å²) in [5.74, 6) is 0.00351. The molecule has 0 saturated heterocycles. The van der Waals surface area contributed by atoms with Gasteiger partial charge in [0, 0.05) is 12.2 Å². The number of nitrogens with one attached hydrogen (secondary N) is 1. The van der Waals surface area contributed by atoms with E-state index in [0.717, 1.165) is 0 Å². The standard InChI is InChI=1S/C13H13N5O2S/c1-8(2)18-6-5-9(17-18)12-15-16-13(20-12)14-11(19)10-4-3-7-21-10/h3-8H,1-2H3,(H,14,16,19). The van der Waals surface area contributed by atoms with E-state index in [1.165, 1.54) is 11.3 Å². The van der Waals surface area contributed by atoms with Crippen LogP contribution in [0.5, 0.6) is 0 Å². The predicted octanol–water partition coefficient (Wildman–Crippen LogP) is 2.83. The van der Waals surface area contributed by atoms with E-state index in [0.29, 0.717) is 10.6 Å². The Morgan fingerprint density at radius 3 is 2.90 bits per heavy atom. The molecule has 0 bridgehead atoms. The molecule has 108 valence electrons. The minimum atomic E-state index is -0.270. The zero-order valence-corrected chi connectivity index (χ0v) is 12.3. The van der Waals surface area contributed by atoms with Gasteiger partial charge < -0.3 is 4.42 Å². The van der Waals surface area contributed by atoms with Gasteiger partial charge in [0.25, 0.3) is 11.8 Å². The second kappa shape index (κ2) is 5.49. The first kappa shape index (κ1) is 13.5. The van der Waals surface area contributed by atoms with Crippen LogP contribution in [0.2, 0.25) is 0 Å². The molecule has 0 fully saturated rings. The number of rotatable bonds is 4. The first-order valence-corrected chi connectivity index (χ1v) is 7.25. The highest BCUT2D eigenvalue weighted by Gasteiger charge is 2.15. The molecule has 3 rings (SSSR count). The van der Waals surface area contributed by atoms with Crippen LogP contribution in [-0.2, 0) is 0 Å². The normalized spacial score (nSPS) is 11.0. The predicted molar refractivity (Wildman–Crippen MR) is 78.2 cm³/mol. The lowest BCUT2D eigenvalue weighted by Crippen LogP contribution is -2.10. The van der Waals surface area contributed by atoms with Crippen molar-refractivity contribution in [3.8, 4) is 11.6 Å². The molecule has 3 heterocycles. The van der Waals surface area contributed by atoms with Crippen molar-refractivity contribution < 1.29 is 9.21 Å². The quantitative estimate of drug-likeness (QED) is 0.801. The van der Waals surface area contributed by atoms with E-state index in [-0.39, 0.29) is 23.9 Å². The van der Waals surface area contributed by atoms with Crippen LogP contribution in [0.1, 0.15) is 29.6 Å². The van der Waals surface area contributed by atoms with Crippen LogP contribution in [0, 0.1) is 0 Å². The Kier molecular flexibility index (Phi) is 3.53. The van der Waals surface area contributed by atoms with E-state index in [1.807, 2.05) is 25.4 Å². The van der Waals surface area contributed by atoms with Crippen LogP contribution in [-0.4, -0.2) is 25.9 Å². The first-order chi connectivity index (χ1) is 10.1. The highest BCUT2D eigenvalue weighted by Crippen LogP contribution is 2.19. The molecular weight excluding hydrogens is 290 g/mol. The molecule has 0 unspecified atom stereocenters. The number of carbonyl (C=O) groups excluding carboxylic acids is 1. The van der Waals surface area contributed by atoms with Crippen molar-refractivity contribution in [3.63, 3.8) is 0 Å². The molecule has 8 heteroatoms. The minimum absolute atomic E-state index is 0.0579. The van der Waals surface area contributed by atoms with E-state index < -0.39 is 0 Å². The largest absolute Gasteiger partial charge is 0.401 e. The highest BCUT2D eigenvalue weighted by atomic mass is 32.1. The van der Waals surface area contributed by atoms with Crippen molar-refractivity contribution in [1.82, 2.24) is 20.0 Å². The summed E-state index contributed by atoms with van der Waals surface area (Å²) in [5, 5.41) is 16.4. The number of thiophene rings is 1. The fraction of sp³-hybridized carbons (Fsp3) is 0.231. The van der Waals surface area contributed by atoms with Crippen LogP contribution in [0.15, 0.2) is 34.2 Å². The smallest absolute Gasteiger partial charge is 0.322 e. The fourth-order valence-electron chi connectivity index (χ4n) is 1.68. The number of hydrogen-bond acceptors (Lipinski definition) is 6. The highest BCUT2D eigenvalue weighted by molar-refractivity contribution is 7.12. The molecule has 0 aliphatic carbocycles. The topological polar surface area (TPSA) is 85.8 Å². The van der Waals surface area contributed by atoms with Gasteiger partial charge in [-0.05, 0) is 31.4 Å². The van der Waals surface area contributed by atoms with Crippen molar-refractivity contribution in [2.75, 3.05) is 5.32 Å². The number of hydrogen-bond donors (Lipinski definition) is 1. The van der Waals surface area contributed by atoms with Gasteiger partial charge >= 0.3 is 6.01 Å². The Morgan fingerprint density at radius 1 is 1.38 bits per heavy atom. The van der Waals surface area contributed by atoms with Crippen molar-refractivity contribution >= 4 is 23.3 Å². The molecular formula is C13H13N5O2S. The van der Waals surface area contributed by atoms with E-state index in [1.54, 1.807) is 22.9 Å². The lowest BCUT2D eigenvalue weighted by Gasteiger charge is -2.02. The maximum Gasteiger partial charge on any atom is 0.322 e. The maximum absolute atomic E-state index is 11.9. The third kappa shape index (κ3) is 2.84. The van der Waals surface area contributed by atoms with Crippen molar-refractivity contribution in [3.05, 3.63) is 34.7 Å². The zero-order valence-electron chi connectivity index (χ0n) is 11.5. The Bertz CT molecular complexity index is 744. The van der Waals surface area contributed by atoms with Crippen LogP contribution in [0.4, 0.5) is 6.01 Å². The average molecular weight is 303 g/mol.